The smallest absolute Gasteiger partial charge is 0.233 e. The number of rotatable bonds is 3. The Kier molecular flexibility index (Phi) is 3.92. The summed E-state index contributed by atoms with van der Waals surface area (Å²) in [5.74, 6) is 3.12. The third-order valence-corrected chi connectivity index (χ3v) is 5.51. The topological polar surface area (TPSA) is 29.5 Å². The number of methoxy groups -OCH3 is 1. The lowest BCUT2D eigenvalue weighted by Crippen LogP contribution is -2.44. The molecule has 0 radical (unpaired) electrons. The fraction of sp³-hybridized carbons (Fsp3) is 0.562. The van der Waals surface area contributed by atoms with Gasteiger partial charge < -0.3 is 9.64 Å². The van der Waals surface area contributed by atoms with Crippen molar-refractivity contribution >= 4 is 17.7 Å². The average molecular weight is 291 g/mol. The molecule has 4 heteroatoms. The maximum atomic E-state index is 13.0. The van der Waals surface area contributed by atoms with E-state index in [1.54, 1.807) is 7.11 Å². The van der Waals surface area contributed by atoms with Crippen molar-refractivity contribution in [1.82, 2.24) is 4.90 Å². The average Bonchev–Trinajstić information content (AvgIpc) is 3.19. The van der Waals surface area contributed by atoms with Crippen LogP contribution in [0.1, 0.15) is 31.2 Å². The van der Waals surface area contributed by atoms with Gasteiger partial charge in [0.1, 0.15) is 5.75 Å². The number of carbonyl (C=O) groups excluding carboxylic acids is 1. The molecule has 1 aliphatic carbocycles. The number of amides is 1. The second kappa shape index (κ2) is 5.68. The maximum Gasteiger partial charge on any atom is 0.233 e. The van der Waals surface area contributed by atoms with E-state index in [4.69, 9.17) is 4.74 Å². The minimum absolute atomic E-state index is 0.281. The van der Waals surface area contributed by atoms with Gasteiger partial charge >= 0.3 is 0 Å². The largest absolute Gasteiger partial charge is 0.497 e. The minimum Gasteiger partial charge on any atom is -0.497 e. The first kappa shape index (κ1) is 13.8. The van der Waals surface area contributed by atoms with Crippen LogP contribution in [0.5, 0.6) is 5.75 Å². The van der Waals surface area contributed by atoms with Crippen molar-refractivity contribution in [1.29, 1.82) is 0 Å². The van der Waals surface area contributed by atoms with Crippen molar-refractivity contribution in [3.05, 3.63) is 29.8 Å². The first-order valence-corrected chi connectivity index (χ1v) is 8.43. The SMILES string of the molecule is COc1ccc(C2(C(=O)N3CCSC3)CCCC2)cc1. The highest BCUT2D eigenvalue weighted by Crippen LogP contribution is 2.43. The van der Waals surface area contributed by atoms with Crippen molar-refractivity contribution in [2.24, 2.45) is 0 Å². The Hall–Kier alpha value is -1.16. The number of nitrogens with zero attached hydrogens (tertiary/aromatic N) is 1. The predicted molar refractivity (Wildman–Crippen MR) is 82.2 cm³/mol. The third kappa shape index (κ3) is 2.30. The first-order valence-electron chi connectivity index (χ1n) is 7.28. The number of hydrogen-bond donors (Lipinski definition) is 0. The van der Waals surface area contributed by atoms with Crippen molar-refractivity contribution in [2.45, 2.75) is 31.1 Å². The van der Waals surface area contributed by atoms with E-state index in [-0.39, 0.29) is 5.41 Å². The lowest BCUT2D eigenvalue weighted by atomic mass is 9.77. The maximum absolute atomic E-state index is 13.0. The van der Waals surface area contributed by atoms with E-state index < -0.39 is 0 Å². The van der Waals surface area contributed by atoms with Gasteiger partial charge in [0.2, 0.25) is 5.91 Å². The zero-order valence-electron chi connectivity index (χ0n) is 11.9. The summed E-state index contributed by atoms with van der Waals surface area (Å²) in [6, 6.07) is 8.10. The van der Waals surface area contributed by atoms with E-state index in [0.29, 0.717) is 5.91 Å². The van der Waals surface area contributed by atoms with Gasteiger partial charge in [-0.15, -0.1) is 11.8 Å². The van der Waals surface area contributed by atoms with Crippen LogP contribution < -0.4 is 4.74 Å². The normalized spacial score (nSPS) is 21.1. The monoisotopic (exact) mass is 291 g/mol. The summed E-state index contributed by atoms with van der Waals surface area (Å²) < 4.78 is 5.23. The van der Waals surface area contributed by atoms with E-state index in [1.807, 2.05) is 28.8 Å². The van der Waals surface area contributed by atoms with Crippen LogP contribution in [0.4, 0.5) is 0 Å². The molecule has 0 spiro atoms. The van der Waals surface area contributed by atoms with Crippen LogP contribution in [0.3, 0.4) is 0 Å². The standard InChI is InChI=1S/C16H21NO2S/c1-19-14-6-4-13(5-7-14)16(8-2-3-9-16)15(18)17-10-11-20-12-17/h4-7H,2-3,8-12H2,1H3. The fourth-order valence-corrected chi connectivity index (χ4v) is 4.34. The molecule has 0 bridgehead atoms. The summed E-state index contributed by atoms with van der Waals surface area (Å²) in [5, 5.41) is 0. The van der Waals surface area contributed by atoms with E-state index in [1.165, 1.54) is 0 Å². The molecular weight excluding hydrogens is 270 g/mol. The molecule has 1 aliphatic heterocycles. The number of hydrogen-bond acceptors (Lipinski definition) is 3. The predicted octanol–water partition coefficient (Wildman–Crippen LogP) is 3.04. The van der Waals surface area contributed by atoms with Crippen LogP contribution in [-0.4, -0.2) is 36.1 Å². The zero-order valence-corrected chi connectivity index (χ0v) is 12.7. The first-order chi connectivity index (χ1) is 9.76. The van der Waals surface area contributed by atoms with Gasteiger partial charge in [0.25, 0.3) is 0 Å². The quantitative estimate of drug-likeness (QED) is 0.857. The molecule has 1 heterocycles. The van der Waals surface area contributed by atoms with Gasteiger partial charge in [-0.1, -0.05) is 25.0 Å². The summed E-state index contributed by atoms with van der Waals surface area (Å²) in [7, 11) is 1.67. The molecule has 108 valence electrons. The Morgan fingerprint density at radius 2 is 1.95 bits per heavy atom. The van der Waals surface area contributed by atoms with E-state index in [2.05, 4.69) is 12.1 Å². The molecule has 2 aliphatic rings. The number of thioether (sulfide) groups is 1. The molecule has 0 aromatic heterocycles. The van der Waals surface area contributed by atoms with E-state index in [0.717, 1.165) is 55.2 Å². The summed E-state index contributed by atoms with van der Waals surface area (Å²) >= 11 is 1.85. The van der Waals surface area contributed by atoms with Crippen LogP contribution >= 0.6 is 11.8 Å². The highest BCUT2D eigenvalue weighted by Gasteiger charge is 2.45. The molecule has 1 saturated carbocycles. The van der Waals surface area contributed by atoms with Crippen molar-refractivity contribution < 1.29 is 9.53 Å². The number of benzene rings is 1. The Balaban J connectivity index is 1.91. The van der Waals surface area contributed by atoms with Gasteiger partial charge in [0, 0.05) is 12.3 Å². The Morgan fingerprint density at radius 3 is 2.50 bits per heavy atom. The van der Waals surface area contributed by atoms with Crippen LogP contribution in [0.2, 0.25) is 0 Å². The molecule has 3 nitrogen and oxygen atoms in total. The van der Waals surface area contributed by atoms with E-state index in [9.17, 15) is 4.79 Å². The van der Waals surface area contributed by atoms with Gasteiger partial charge in [-0.2, -0.15) is 0 Å². The van der Waals surface area contributed by atoms with Gasteiger partial charge in [0.05, 0.1) is 18.4 Å². The molecule has 20 heavy (non-hydrogen) atoms. The molecule has 0 unspecified atom stereocenters. The highest BCUT2D eigenvalue weighted by molar-refractivity contribution is 7.99. The molecule has 1 aromatic carbocycles. The second-order valence-corrected chi connectivity index (χ2v) is 6.70. The van der Waals surface area contributed by atoms with Crippen molar-refractivity contribution in [3.63, 3.8) is 0 Å². The van der Waals surface area contributed by atoms with Crippen LogP contribution in [0.25, 0.3) is 0 Å². The third-order valence-electron chi connectivity index (χ3n) is 4.55. The lowest BCUT2D eigenvalue weighted by Gasteiger charge is -2.32. The Bertz CT molecular complexity index is 474. The van der Waals surface area contributed by atoms with Crippen LogP contribution in [0.15, 0.2) is 24.3 Å². The zero-order chi connectivity index (χ0) is 14.0. The Morgan fingerprint density at radius 1 is 1.25 bits per heavy atom. The van der Waals surface area contributed by atoms with Crippen LogP contribution in [0, 0.1) is 0 Å². The van der Waals surface area contributed by atoms with E-state index >= 15 is 0 Å². The van der Waals surface area contributed by atoms with Crippen LogP contribution in [-0.2, 0) is 10.2 Å². The molecule has 3 rings (SSSR count). The molecule has 1 amide bonds. The number of ether oxygens (including phenoxy) is 1. The highest BCUT2D eigenvalue weighted by atomic mass is 32.2. The van der Waals surface area contributed by atoms with Gasteiger partial charge in [-0.05, 0) is 30.5 Å². The summed E-state index contributed by atoms with van der Waals surface area (Å²) in [6.45, 7) is 0.904. The second-order valence-electron chi connectivity index (χ2n) is 5.62. The lowest BCUT2D eigenvalue weighted by molar-refractivity contribution is -0.135. The van der Waals surface area contributed by atoms with Crippen molar-refractivity contribution in [2.75, 3.05) is 25.3 Å². The fourth-order valence-electron chi connectivity index (χ4n) is 3.39. The molecule has 1 saturated heterocycles. The molecular formula is C16H21NO2S. The minimum atomic E-state index is -0.281. The summed E-state index contributed by atoms with van der Waals surface area (Å²) in [5.41, 5.74) is 0.884. The van der Waals surface area contributed by atoms with Gasteiger partial charge in [-0.25, -0.2) is 0 Å². The molecule has 0 N–H and O–H groups in total. The van der Waals surface area contributed by atoms with Crippen molar-refractivity contribution in [3.8, 4) is 5.75 Å². The van der Waals surface area contributed by atoms with Gasteiger partial charge in [0.15, 0.2) is 0 Å². The summed E-state index contributed by atoms with van der Waals surface area (Å²) in [6.07, 6.45) is 4.27. The van der Waals surface area contributed by atoms with Gasteiger partial charge in [-0.3, -0.25) is 4.79 Å². The molecule has 0 atom stereocenters. The molecule has 1 aromatic rings. The Labute approximate surface area is 124 Å². The molecule has 2 fully saturated rings. The summed E-state index contributed by atoms with van der Waals surface area (Å²) in [4.78, 5) is 15.0. The number of carbonyl (C=O) groups is 1.